The van der Waals surface area contributed by atoms with Crippen molar-refractivity contribution in [3.63, 3.8) is 0 Å². The molecule has 2 saturated heterocycles. The van der Waals surface area contributed by atoms with Gasteiger partial charge in [-0.1, -0.05) is 54.6 Å². The lowest BCUT2D eigenvalue weighted by Crippen LogP contribution is -2.69. The smallest absolute Gasteiger partial charge is 0.127 e. The van der Waals surface area contributed by atoms with Gasteiger partial charge < -0.3 is 4.74 Å². The van der Waals surface area contributed by atoms with Crippen molar-refractivity contribution in [2.45, 2.75) is 69.0 Å². The maximum Gasteiger partial charge on any atom is 0.127 e. The van der Waals surface area contributed by atoms with Crippen molar-refractivity contribution in [1.82, 2.24) is 9.80 Å². The highest BCUT2D eigenvalue weighted by molar-refractivity contribution is 5.51. The Bertz CT molecular complexity index is 1390. The van der Waals surface area contributed by atoms with Gasteiger partial charge in [-0.2, -0.15) is 0 Å². The van der Waals surface area contributed by atoms with Crippen LogP contribution in [-0.4, -0.2) is 41.5 Å². The minimum atomic E-state index is 0.306. The van der Waals surface area contributed by atoms with Crippen LogP contribution in [0.1, 0.15) is 55.2 Å². The molecule has 39 heavy (non-hydrogen) atoms. The average molecular weight is 517 g/mol. The van der Waals surface area contributed by atoms with Gasteiger partial charge >= 0.3 is 0 Å². The molecule has 5 unspecified atom stereocenters. The highest BCUT2D eigenvalue weighted by atomic mass is 16.5. The molecule has 6 atom stereocenters. The molecule has 2 heterocycles. The Morgan fingerprint density at radius 2 is 1.64 bits per heavy atom. The van der Waals surface area contributed by atoms with Gasteiger partial charge in [0.1, 0.15) is 11.5 Å². The number of likely N-dealkylation sites (tertiary alicyclic amines) is 2. The van der Waals surface area contributed by atoms with Crippen LogP contribution in [0.25, 0.3) is 0 Å². The number of benzene rings is 3. The normalized spacial score (nSPS) is 36.4. The van der Waals surface area contributed by atoms with E-state index in [2.05, 4.69) is 88.7 Å². The van der Waals surface area contributed by atoms with Crippen LogP contribution >= 0.6 is 0 Å². The highest BCUT2D eigenvalue weighted by Gasteiger charge is 2.75. The molecule has 5 fully saturated rings. The van der Waals surface area contributed by atoms with Crippen LogP contribution in [0, 0.1) is 23.2 Å². The molecule has 4 bridgehead atoms. The van der Waals surface area contributed by atoms with E-state index in [-0.39, 0.29) is 0 Å². The summed E-state index contributed by atoms with van der Waals surface area (Å²) in [6.07, 6.45) is 9.74. The molecule has 0 radical (unpaired) electrons. The largest absolute Gasteiger partial charge is 0.457 e. The van der Waals surface area contributed by atoms with Crippen LogP contribution < -0.4 is 4.74 Å². The molecule has 0 N–H and O–H groups in total. The molecule has 3 aromatic carbocycles. The molecule has 0 spiro atoms. The van der Waals surface area contributed by atoms with Crippen LogP contribution in [-0.2, 0) is 18.4 Å². The fourth-order valence-corrected chi connectivity index (χ4v) is 10.7. The lowest BCUT2D eigenvalue weighted by atomic mass is 9.43. The Hall–Kier alpha value is -2.62. The molecule has 0 aromatic heterocycles. The quantitative estimate of drug-likeness (QED) is 0.349. The first kappa shape index (κ1) is 23.1. The van der Waals surface area contributed by atoms with Crippen molar-refractivity contribution in [2.24, 2.45) is 23.2 Å². The zero-order valence-electron chi connectivity index (χ0n) is 23.0. The van der Waals surface area contributed by atoms with Crippen LogP contribution in [0.3, 0.4) is 0 Å². The topological polar surface area (TPSA) is 15.7 Å². The summed E-state index contributed by atoms with van der Waals surface area (Å²) in [7, 11) is 0. The summed E-state index contributed by atoms with van der Waals surface area (Å²) < 4.78 is 6.48. The van der Waals surface area contributed by atoms with E-state index in [1.165, 1.54) is 70.1 Å². The molecule has 6 aliphatic rings. The van der Waals surface area contributed by atoms with E-state index in [1.807, 2.05) is 0 Å². The van der Waals surface area contributed by atoms with Gasteiger partial charge in [0.15, 0.2) is 0 Å². The highest BCUT2D eigenvalue weighted by Crippen LogP contribution is 2.75. The summed E-state index contributed by atoms with van der Waals surface area (Å²) in [6.45, 7) is 5.05. The third-order valence-corrected chi connectivity index (χ3v) is 12.1. The maximum atomic E-state index is 6.48. The Kier molecular flexibility index (Phi) is 5.01. The zero-order chi connectivity index (χ0) is 25.6. The predicted octanol–water partition coefficient (Wildman–Crippen LogP) is 7.06. The molecule has 0 amide bonds. The Labute approximate surface area is 233 Å². The van der Waals surface area contributed by atoms with Gasteiger partial charge in [0, 0.05) is 37.1 Å². The number of piperidine rings is 1. The summed E-state index contributed by atoms with van der Waals surface area (Å²) in [5.41, 5.74) is 5.53. The fourth-order valence-electron chi connectivity index (χ4n) is 10.7. The average Bonchev–Trinajstić information content (AvgIpc) is 3.67. The molecule has 3 nitrogen and oxygen atoms in total. The number of para-hydroxylation sites is 1. The standard InChI is InChI=1S/C36H40N2O/c1-3-7-25(8-4-1)23-38-24-28-21-35-16-15-32(38)34(28)36(35)17-18-37(22-26-11-12-26)33(35)19-27-13-14-30(20-31(27)36)39-29-9-5-2-6-10-29/h1-10,13-14,20,26,28,32-34H,11-12,15-19,21-24H2/t28-,32?,33?,34?,35?,36?/m1/s1. The van der Waals surface area contributed by atoms with E-state index in [1.54, 1.807) is 11.1 Å². The monoisotopic (exact) mass is 516 g/mol. The lowest BCUT2D eigenvalue weighted by Gasteiger charge is -2.66. The van der Waals surface area contributed by atoms with E-state index in [9.17, 15) is 0 Å². The molecule has 200 valence electrons. The third-order valence-electron chi connectivity index (χ3n) is 12.1. The van der Waals surface area contributed by atoms with Crippen LogP contribution in [0.4, 0.5) is 0 Å². The summed E-state index contributed by atoms with van der Waals surface area (Å²) in [6, 6.07) is 30.3. The second kappa shape index (κ2) is 8.44. The van der Waals surface area contributed by atoms with E-state index >= 15 is 0 Å². The number of ether oxygens (including phenoxy) is 1. The third kappa shape index (κ3) is 3.29. The number of hydrogen-bond donors (Lipinski definition) is 0. The minimum absolute atomic E-state index is 0.306. The van der Waals surface area contributed by atoms with Crippen molar-refractivity contribution < 1.29 is 4.74 Å². The first-order valence-corrected chi connectivity index (χ1v) is 15.6. The summed E-state index contributed by atoms with van der Waals surface area (Å²) in [5.74, 6) is 4.55. The number of nitrogens with zero attached hydrogens (tertiary/aromatic N) is 2. The number of hydrogen-bond acceptors (Lipinski definition) is 3. The molecule has 3 aromatic rings. The number of fused-ring (bicyclic) bond motifs is 1. The Morgan fingerprint density at radius 1 is 0.821 bits per heavy atom. The Balaban J connectivity index is 1.14. The predicted molar refractivity (Wildman–Crippen MR) is 155 cm³/mol. The molecule has 2 aliphatic heterocycles. The van der Waals surface area contributed by atoms with Gasteiger partial charge in [-0.05, 0) is 116 Å². The summed E-state index contributed by atoms with van der Waals surface area (Å²) in [5, 5.41) is 0. The minimum Gasteiger partial charge on any atom is -0.457 e. The van der Waals surface area contributed by atoms with Crippen LogP contribution in [0.15, 0.2) is 78.9 Å². The molecule has 4 aliphatic carbocycles. The van der Waals surface area contributed by atoms with Gasteiger partial charge in [0.2, 0.25) is 0 Å². The summed E-state index contributed by atoms with van der Waals surface area (Å²) >= 11 is 0. The first-order chi connectivity index (χ1) is 19.2. The zero-order valence-corrected chi connectivity index (χ0v) is 23.0. The van der Waals surface area contributed by atoms with Gasteiger partial charge in [-0.3, -0.25) is 9.80 Å². The van der Waals surface area contributed by atoms with E-state index in [4.69, 9.17) is 4.74 Å². The fraction of sp³-hybridized carbons (Fsp3) is 0.500. The van der Waals surface area contributed by atoms with Gasteiger partial charge in [0.05, 0.1) is 0 Å². The van der Waals surface area contributed by atoms with Gasteiger partial charge in [-0.15, -0.1) is 0 Å². The molecule has 3 saturated carbocycles. The van der Waals surface area contributed by atoms with E-state index < -0.39 is 0 Å². The molecular formula is C36H40N2O. The second-order valence-corrected chi connectivity index (χ2v) is 13.8. The maximum absolute atomic E-state index is 6.48. The van der Waals surface area contributed by atoms with Crippen molar-refractivity contribution >= 4 is 0 Å². The molecule has 3 heteroatoms. The van der Waals surface area contributed by atoms with Crippen molar-refractivity contribution in [3.05, 3.63) is 95.6 Å². The number of rotatable bonds is 6. The lowest BCUT2D eigenvalue weighted by molar-refractivity contribution is -0.105. The van der Waals surface area contributed by atoms with Crippen molar-refractivity contribution in [2.75, 3.05) is 19.6 Å². The SMILES string of the molecule is c1ccc(CN2C[C@H]3CC45CCC2C3C42CCN(CC3CC3)C5Cc3ccc(Oc4ccccc4)cc32)cc1. The summed E-state index contributed by atoms with van der Waals surface area (Å²) in [4.78, 5) is 5.89. The van der Waals surface area contributed by atoms with Gasteiger partial charge in [-0.25, -0.2) is 0 Å². The molecule has 9 rings (SSSR count). The van der Waals surface area contributed by atoms with E-state index in [0.29, 0.717) is 16.9 Å². The first-order valence-electron chi connectivity index (χ1n) is 15.6. The van der Waals surface area contributed by atoms with Crippen LogP contribution in [0.5, 0.6) is 11.5 Å². The van der Waals surface area contributed by atoms with Gasteiger partial charge in [0.25, 0.3) is 0 Å². The Morgan fingerprint density at radius 3 is 2.46 bits per heavy atom. The van der Waals surface area contributed by atoms with E-state index in [0.717, 1.165) is 41.8 Å². The molecular weight excluding hydrogens is 476 g/mol. The van der Waals surface area contributed by atoms with Crippen molar-refractivity contribution in [1.29, 1.82) is 0 Å². The van der Waals surface area contributed by atoms with Crippen LogP contribution in [0.2, 0.25) is 0 Å². The second-order valence-electron chi connectivity index (χ2n) is 13.8. The van der Waals surface area contributed by atoms with Crippen molar-refractivity contribution in [3.8, 4) is 11.5 Å².